The van der Waals surface area contributed by atoms with Crippen LogP contribution in [0.15, 0.2) is 18.9 Å². The number of hydrogen-bond acceptors (Lipinski definition) is 3. The molecule has 0 bridgehead atoms. The van der Waals surface area contributed by atoms with Crippen molar-refractivity contribution in [2.24, 2.45) is 7.05 Å². The Morgan fingerprint density at radius 3 is 3.06 bits per heavy atom. The van der Waals surface area contributed by atoms with Gasteiger partial charge in [0.05, 0.1) is 6.20 Å². The normalized spacial score (nSPS) is 16.5. The van der Waals surface area contributed by atoms with E-state index in [1.54, 1.807) is 24.0 Å². The maximum atomic E-state index is 12.2. The van der Waals surface area contributed by atoms with E-state index in [2.05, 4.69) is 17.0 Å². The largest absolute Gasteiger partial charge is 0.381 e. The van der Waals surface area contributed by atoms with Crippen molar-refractivity contribution in [3.63, 3.8) is 0 Å². The lowest BCUT2D eigenvalue weighted by molar-refractivity contribution is 0.0692. The van der Waals surface area contributed by atoms with Crippen LogP contribution < -0.4 is 5.32 Å². The Kier molecular flexibility index (Phi) is 4.15. The van der Waals surface area contributed by atoms with Gasteiger partial charge < -0.3 is 10.1 Å². The Hall–Kier alpha value is -1.62. The first-order valence-electron chi connectivity index (χ1n) is 6.22. The highest BCUT2D eigenvalue weighted by Crippen LogP contribution is 2.11. The van der Waals surface area contributed by atoms with Crippen LogP contribution in [0.5, 0.6) is 0 Å². The van der Waals surface area contributed by atoms with Crippen molar-refractivity contribution in [3.8, 4) is 0 Å². The summed E-state index contributed by atoms with van der Waals surface area (Å²) >= 11 is 0. The van der Waals surface area contributed by atoms with Crippen LogP contribution in [0.3, 0.4) is 0 Å². The third-order valence-electron chi connectivity index (χ3n) is 3.15. The van der Waals surface area contributed by atoms with E-state index in [0.717, 1.165) is 31.6 Å². The van der Waals surface area contributed by atoms with Gasteiger partial charge in [-0.15, -0.1) is 6.58 Å². The number of carbonyl (C=O) groups is 1. The summed E-state index contributed by atoms with van der Waals surface area (Å²) in [5.41, 5.74) is 1.54. The molecular weight excluding hydrogens is 230 g/mol. The summed E-state index contributed by atoms with van der Waals surface area (Å²) in [4.78, 5) is 12.2. The minimum absolute atomic E-state index is 0.0567. The van der Waals surface area contributed by atoms with Crippen molar-refractivity contribution < 1.29 is 9.53 Å². The lowest BCUT2D eigenvalue weighted by Crippen LogP contribution is -2.39. The van der Waals surface area contributed by atoms with Gasteiger partial charge in [-0.1, -0.05) is 6.08 Å². The van der Waals surface area contributed by atoms with E-state index in [-0.39, 0.29) is 11.9 Å². The molecule has 1 amide bonds. The minimum atomic E-state index is -0.0567. The van der Waals surface area contributed by atoms with E-state index in [9.17, 15) is 4.79 Å². The highest BCUT2D eigenvalue weighted by Gasteiger charge is 2.21. The van der Waals surface area contributed by atoms with Crippen molar-refractivity contribution in [3.05, 3.63) is 30.1 Å². The first-order chi connectivity index (χ1) is 8.72. The number of aryl methyl sites for hydroxylation is 1. The van der Waals surface area contributed by atoms with E-state index in [1.165, 1.54) is 0 Å². The molecule has 2 heterocycles. The number of carbonyl (C=O) groups excluding carboxylic acids is 1. The fourth-order valence-electron chi connectivity index (χ4n) is 2.18. The molecule has 0 atom stereocenters. The molecule has 0 radical (unpaired) electrons. The molecule has 5 heteroatoms. The second kappa shape index (κ2) is 5.82. The number of ether oxygens (including phenoxy) is 1. The Balaban J connectivity index is 2.07. The third kappa shape index (κ3) is 2.79. The zero-order valence-electron chi connectivity index (χ0n) is 10.7. The number of aromatic nitrogens is 2. The van der Waals surface area contributed by atoms with Crippen molar-refractivity contribution in [2.45, 2.75) is 25.3 Å². The van der Waals surface area contributed by atoms with E-state index in [4.69, 9.17) is 4.74 Å². The fourth-order valence-corrected chi connectivity index (χ4v) is 2.18. The number of nitrogens with zero attached hydrogens (tertiary/aromatic N) is 2. The summed E-state index contributed by atoms with van der Waals surface area (Å²) in [7, 11) is 1.78. The number of rotatable bonds is 4. The zero-order valence-corrected chi connectivity index (χ0v) is 10.7. The predicted molar refractivity (Wildman–Crippen MR) is 68.4 cm³/mol. The van der Waals surface area contributed by atoms with Gasteiger partial charge in [0, 0.05) is 31.9 Å². The highest BCUT2D eigenvalue weighted by molar-refractivity contribution is 5.94. The van der Waals surface area contributed by atoms with Crippen LogP contribution in [0.4, 0.5) is 0 Å². The summed E-state index contributed by atoms with van der Waals surface area (Å²) in [6, 6.07) is 0.206. The highest BCUT2D eigenvalue weighted by atomic mass is 16.5. The molecule has 1 aromatic heterocycles. The van der Waals surface area contributed by atoms with Crippen LogP contribution in [0.25, 0.3) is 0 Å². The van der Waals surface area contributed by atoms with Crippen molar-refractivity contribution >= 4 is 5.91 Å². The summed E-state index contributed by atoms with van der Waals surface area (Å²) in [5, 5.41) is 7.18. The first-order valence-corrected chi connectivity index (χ1v) is 6.22. The van der Waals surface area contributed by atoms with Gasteiger partial charge in [0.2, 0.25) is 0 Å². The van der Waals surface area contributed by atoms with Gasteiger partial charge in [0.15, 0.2) is 0 Å². The molecule has 0 aliphatic carbocycles. The monoisotopic (exact) mass is 249 g/mol. The van der Waals surface area contributed by atoms with E-state index in [0.29, 0.717) is 12.1 Å². The fraction of sp³-hybridized carbons (Fsp3) is 0.538. The van der Waals surface area contributed by atoms with Gasteiger partial charge in [-0.25, -0.2) is 0 Å². The van der Waals surface area contributed by atoms with E-state index >= 15 is 0 Å². The van der Waals surface area contributed by atoms with Crippen LogP contribution in [0, 0.1) is 0 Å². The van der Waals surface area contributed by atoms with Crippen molar-refractivity contribution in [1.82, 2.24) is 15.1 Å². The van der Waals surface area contributed by atoms with E-state index in [1.807, 2.05) is 0 Å². The molecule has 0 unspecified atom stereocenters. The maximum absolute atomic E-state index is 12.2. The molecular formula is C13H19N3O2. The van der Waals surface area contributed by atoms with E-state index < -0.39 is 0 Å². The van der Waals surface area contributed by atoms with Gasteiger partial charge in [-0.2, -0.15) is 5.10 Å². The molecule has 1 fully saturated rings. The summed E-state index contributed by atoms with van der Waals surface area (Å²) < 4.78 is 6.89. The van der Waals surface area contributed by atoms with Crippen molar-refractivity contribution in [1.29, 1.82) is 0 Å². The van der Waals surface area contributed by atoms with Gasteiger partial charge >= 0.3 is 0 Å². The minimum Gasteiger partial charge on any atom is -0.381 e. The average molecular weight is 249 g/mol. The van der Waals surface area contributed by atoms with Crippen LogP contribution in [-0.2, 0) is 18.2 Å². The first kappa shape index (κ1) is 12.8. The second-order valence-corrected chi connectivity index (χ2v) is 4.49. The zero-order chi connectivity index (χ0) is 13.0. The number of amides is 1. The molecule has 0 aromatic carbocycles. The molecule has 2 rings (SSSR count). The molecule has 98 valence electrons. The standard InChI is InChI=1S/C13H19N3O2/c1-3-4-10-9-14-16(2)12(10)13(17)15-11-5-7-18-8-6-11/h3,9,11H,1,4-8H2,2H3,(H,15,17). The Morgan fingerprint density at radius 1 is 1.67 bits per heavy atom. The van der Waals surface area contributed by atoms with Crippen LogP contribution in [0.2, 0.25) is 0 Å². The predicted octanol–water partition coefficient (Wildman–Crippen LogP) is 1.06. The molecule has 1 saturated heterocycles. The molecule has 1 aromatic rings. The molecule has 0 spiro atoms. The lowest BCUT2D eigenvalue weighted by atomic mass is 10.1. The molecule has 18 heavy (non-hydrogen) atoms. The quantitative estimate of drug-likeness (QED) is 0.812. The number of nitrogens with one attached hydrogen (secondary N) is 1. The maximum Gasteiger partial charge on any atom is 0.270 e. The van der Waals surface area contributed by atoms with Gasteiger partial charge in [-0.3, -0.25) is 9.48 Å². The molecule has 5 nitrogen and oxygen atoms in total. The Morgan fingerprint density at radius 2 is 2.39 bits per heavy atom. The van der Waals surface area contributed by atoms with Crippen LogP contribution in [-0.4, -0.2) is 34.9 Å². The summed E-state index contributed by atoms with van der Waals surface area (Å²) in [6.07, 6.45) is 5.91. The lowest BCUT2D eigenvalue weighted by Gasteiger charge is -2.23. The average Bonchev–Trinajstić information content (AvgIpc) is 2.72. The van der Waals surface area contributed by atoms with Gasteiger partial charge in [-0.05, 0) is 19.3 Å². The Bertz CT molecular complexity index is 433. The molecule has 1 aliphatic rings. The van der Waals surface area contributed by atoms with Crippen molar-refractivity contribution in [2.75, 3.05) is 13.2 Å². The number of allylic oxidation sites excluding steroid dienone is 1. The Labute approximate surface area is 107 Å². The number of hydrogen-bond donors (Lipinski definition) is 1. The molecule has 1 aliphatic heterocycles. The SMILES string of the molecule is C=CCc1cnn(C)c1C(=O)NC1CCOCC1. The van der Waals surface area contributed by atoms with Gasteiger partial charge in [0.25, 0.3) is 5.91 Å². The second-order valence-electron chi connectivity index (χ2n) is 4.49. The summed E-state index contributed by atoms with van der Waals surface area (Å²) in [5.74, 6) is -0.0567. The topological polar surface area (TPSA) is 56.2 Å². The molecule has 0 saturated carbocycles. The third-order valence-corrected chi connectivity index (χ3v) is 3.15. The molecule has 1 N–H and O–H groups in total. The smallest absolute Gasteiger partial charge is 0.270 e. The van der Waals surface area contributed by atoms with Crippen LogP contribution >= 0.6 is 0 Å². The van der Waals surface area contributed by atoms with Gasteiger partial charge in [0.1, 0.15) is 5.69 Å². The van der Waals surface area contributed by atoms with Crippen LogP contribution in [0.1, 0.15) is 28.9 Å². The summed E-state index contributed by atoms with van der Waals surface area (Å²) in [6.45, 7) is 5.13.